The van der Waals surface area contributed by atoms with Gasteiger partial charge in [0, 0.05) is 6.54 Å². The average molecular weight is 319 g/mol. The fraction of sp³-hybridized carbons (Fsp3) is 0.250. The average Bonchev–Trinajstić information content (AvgIpc) is 2.97. The molecule has 6 heteroatoms. The van der Waals surface area contributed by atoms with Crippen molar-refractivity contribution in [2.45, 2.75) is 13.3 Å². The number of aromatic carboxylic acids is 1. The lowest BCUT2D eigenvalue weighted by molar-refractivity contribution is 0.0702. The molecule has 0 aliphatic rings. The van der Waals surface area contributed by atoms with Crippen LogP contribution in [0.1, 0.15) is 30.5 Å². The molecule has 0 saturated heterocycles. The second kappa shape index (κ2) is 7.09. The van der Waals surface area contributed by atoms with Gasteiger partial charge in [-0.1, -0.05) is 17.7 Å². The Kier molecular flexibility index (Phi) is 5.16. The number of carbonyl (C=O) groups is 2. The summed E-state index contributed by atoms with van der Waals surface area (Å²) in [7, 11) is 1.62. The lowest BCUT2D eigenvalue weighted by Crippen LogP contribution is -2.25. The third-order valence-electron chi connectivity index (χ3n) is 3.16. The summed E-state index contributed by atoms with van der Waals surface area (Å²) >= 11 is 0.969. The number of carboxylic acids is 1. The molecule has 0 fully saturated rings. The second-order valence-corrected chi connectivity index (χ2v) is 5.87. The van der Waals surface area contributed by atoms with E-state index in [1.807, 2.05) is 25.1 Å². The quantitative estimate of drug-likeness (QED) is 0.858. The molecule has 2 N–H and O–H groups in total. The van der Waals surface area contributed by atoms with Gasteiger partial charge in [0.05, 0.1) is 12.0 Å². The van der Waals surface area contributed by atoms with Crippen LogP contribution in [-0.4, -0.2) is 30.6 Å². The van der Waals surface area contributed by atoms with E-state index in [0.29, 0.717) is 17.8 Å². The number of methoxy groups -OCH3 is 1. The van der Waals surface area contributed by atoms with Gasteiger partial charge in [0.15, 0.2) is 0 Å². The van der Waals surface area contributed by atoms with Crippen molar-refractivity contribution in [3.8, 4) is 5.75 Å². The predicted molar refractivity (Wildman–Crippen MR) is 85.0 cm³/mol. The van der Waals surface area contributed by atoms with Crippen LogP contribution in [0.5, 0.6) is 5.75 Å². The first-order valence-electron chi connectivity index (χ1n) is 6.76. The molecule has 22 heavy (non-hydrogen) atoms. The number of rotatable bonds is 6. The van der Waals surface area contributed by atoms with Gasteiger partial charge in [0.25, 0.3) is 5.91 Å². The van der Waals surface area contributed by atoms with Gasteiger partial charge >= 0.3 is 5.97 Å². The lowest BCUT2D eigenvalue weighted by atomic mass is 10.1. The molecule has 0 bridgehead atoms. The molecule has 1 amide bonds. The molecule has 0 saturated carbocycles. The Morgan fingerprint density at radius 2 is 1.95 bits per heavy atom. The van der Waals surface area contributed by atoms with Crippen LogP contribution in [0.15, 0.2) is 30.3 Å². The second-order valence-electron chi connectivity index (χ2n) is 4.79. The zero-order valence-electron chi connectivity index (χ0n) is 12.4. The van der Waals surface area contributed by atoms with E-state index in [4.69, 9.17) is 9.84 Å². The number of aryl methyl sites for hydroxylation is 1. The monoisotopic (exact) mass is 319 g/mol. The molecule has 0 aliphatic heterocycles. The number of hydrogen-bond acceptors (Lipinski definition) is 4. The number of carbonyl (C=O) groups excluding carboxylic acids is 1. The molecule has 2 rings (SSSR count). The van der Waals surface area contributed by atoms with Gasteiger partial charge in [-0.25, -0.2) is 4.79 Å². The van der Waals surface area contributed by atoms with E-state index in [-0.39, 0.29) is 10.8 Å². The number of nitrogens with one attached hydrogen (secondary N) is 1. The maximum atomic E-state index is 12.0. The van der Waals surface area contributed by atoms with Crippen molar-refractivity contribution in [3.05, 3.63) is 51.2 Å². The summed E-state index contributed by atoms with van der Waals surface area (Å²) in [6.07, 6.45) is 0.647. The Balaban J connectivity index is 1.94. The van der Waals surface area contributed by atoms with Gasteiger partial charge in [-0.15, -0.1) is 11.3 Å². The van der Waals surface area contributed by atoms with Gasteiger partial charge in [-0.3, -0.25) is 4.79 Å². The Bertz CT molecular complexity index is 693. The van der Waals surface area contributed by atoms with Crippen LogP contribution in [0.2, 0.25) is 0 Å². The van der Waals surface area contributed by atoms with Gasteiger partial charge in [-0.05, 0) is 37.1 Å². The van der Waals surface area contributed by atoms with Crippen LogP contribution in [0.25, 0.3) is 0 Å². The first-order valence-corrected chi connectivity index (χ1v) is 7.57. The molecule has 2 aromatic rings. The number of ether oxygens (including phenoxy) is 1. The van der Waals surface area contributed by atoms with Crippen molar-refractivity contribution in [2.24, 2.45) is 0 Å². The van der Waals surface area contributed by atoms with E-state index in [1.165, 1.54) is 12.1 Å². The third kappa shape index (κ3) is 3.85. The number of carboxylic acid groups (broad SMARTS) is 1. The molecule has 5 nitrogen and oxygen atoms in total. The van der Waals surface area contributed by atoms with Crippen LogP contribution in [0.3, 0.4) is 0 Å². The summed E-state index contributed by atoms with van der Waals surface area (Å²) in [5.74, 6) is -0.484. The van der Waals surface area contributed by atoms with Crippen LogP contribution in [0, 0.1) is 6.92 Å². The smallest absolute Gasteiger partial charge is 0.345 e. The minimum Gasteiger partial charge on any atom is -0.496 e. The molecule has 1 aromatic heterocycles. The highest BCUT2D eigenvalue weighted by Gasteiger charge is 2.12. The standard InChI is InChI=1S/C16H17NO4S/c1-10-3-4-12(21-2)11(9-10)7-8-17-15(18)13-5-6-14(22-13)16(19)20/h3-6,9H,7-8H2,1-2H3,(H,17,18)(H,19,20). The summed E-state index contributed by atoms with van der Waals surface area (Å²) in [4.78, 5) is 23.3. The maximum Gasteiger partial charge on any atom is 0.345 e. The Labute approximate surface area is 132 Å². The van der Waals surface area contributed by atoms with E-state index in [9.17, 15) is 9.59 Å². The molecular formula is C16H17NO4S. The Morgan fingerprint density at radius 1 is 1.23 bits per heavy atom. The summed E-state index contributed by atoms with van der Waals surface area (Å²) in [5, 5.41) is 11.6. The third-order valence-corrected chi connectivity index (χ3v) is 4.23. The maximum absolute atomic E-state index is 12.0. The molecule has 0 unspecified atom stereocenters. The van der Waals surface area contributed by atoms with E-state index in [2.05, 4.69) is 5.32 Å². The van der Waals surface area contributed by atoms with Crippen LogP contribution in [-0.2, 0) is 6.42 Å². The number of hydrogen-bond donors (Lipinski definition) is 2. The molecule has 0 atom stereocenters. The van der Waals surface area contributed by atoms with Crippen molar-refractivity contribution >= 4 is 23.2 Å². The van der Waals surface area contributed by atoms with Crippen molar-refractivity contribution in [1.82, 2.24) is 5.32 Å². The van der Waals surface area contributed by atoms with Crippen molar-refractivity contribution in [3.63, 3.8) is 0 Å². The highest BCUT2D eigenvalue weighted by atomic mass is 32.1. The van der Waals surface area contributed by atoms with E-state index in [1.54, 1.807) is 7.11 Å². The molecular weight excluding hydrogens is 302 g/mol. The van der Waals surface area contributed by atoms with Crippen LogP contribution < -0.4 is 10.1 Å². The lowest BCUT2D eigenvalue weighted by Gasteiger charge is -2.10. The van der Waals surface area contributed by atoms with E-state index >= 15 is 0 Å². The van der Waals surface area contributed by atoms with Crippen LogP contribution >= 0.6 is 11.3 Å². The first-order chi connectivity index (χ1) is 10.5. The minimum atomic E-state index is -1.02. The number of thiophene rings is 1. The largest absolute Gasteiger partial charge is 0.496 e. The first kappa shape index (κ1) is 16.0. The van der Waals surface area contributed by atoms with E-state index < -0.39 is 5.97 Å². The van der Waals surface area contributed by atoms with Crippen LogP contribution in [0.4, 0.5) is 0 Å². The van der Waals surface area contributed by atoms with Gasteiger partial charge in [0.2, 0.25) is 0 Å². The summed E-state index contributed by atoms with van der Waals surface area (Å²) in [5.41, 5.74) is 2.16. The molecule has 1 heterocycles. The molecule has 0 spiro atoms. The predicted octanol–water partition coefficient (Wildman–Crippen LogP) is 2.74. The minimum absolute atomic E-state index is 0.158. The highest BCUT2D eigenvalue weighted by molar-refractivity contribution is 7.15. The fourth-order valence-electron chi connectivity index (χ4n) is 2.08. The molecule has 116 valence electrons. The molecule has 0 aliphatic carbocycles. The van der Waals surface area contributed by atoms with Gasteiger partial charge < -0.3 is 15.2 Å². The van der Waals surface area contributed by atoms with E-state index in [0.717, 1.165) is 28.2 Å². The Hall–Kier alpha value is -2.34. The highest BCUT2D eigenvalue weighted by Crippen LogP contribution is 2.20. The molecule has 0 radical (unpaired) electrons. The fourth-order valence-corrected chi connectivity index (χ4v) is 2.84. The van der Waals surface area contributed by atoms with Crippen molar-refractivity contribution in [2.75, 3.05) is 13.7 Å². The van der Waals surface area contributed by atoms with Gasteiger partial charge in [-0.2, -0.15) is 0 Å². The zero-order valence-corrected chi connectivity index (χ0v) is 13.2. The topological polar surface area (TPSA) is 75.6 Å². The zero-order chi connectivity index (χ0) is 16.1. The summed E-state index contributed by atoms with van der Waals surface area (Å²) in [6, 6.07) is 8.87. The van der Waals surface area contributed by atoms with Crippen molar-refractivity contribution in [1.29, 1.82) is 0 Å². The van der Waals surface area contributed by atoms with Crippen molar-refractivity contribution < 1.29 is 19.4 Å². The summed E-state index contributed by atoms with van der Waals surface area (Å²) < 4.78 is 5.30. The molecule has 1 aromatic carbocycles. The number of benzene rings is 1. The normalized spacial score (nSPS) is 10.3. The van der Waals surface area contributed by atoms with Gasteiger partial charge in [0.1, 0.15) is 10.6 Å². The SMILES string of the molecule is COc1ccc(C)cc1CCNC(=O)c1ccc(C(=O)O)s1. The Morgan fingerprint density at radius 3 is 2.59 bits per heavy atom. The number of amides is 1. The summed E-state index contributed by atoms with van der Waals surface area (Å²) in [6.45, 7) is 2.46.